The molecule has 0 radical (unpaired) electrons. The van der Waals surface area contributed by atoms with Gasteiger partial charge in [0.15, 0.2) is 0 Å². The molecule has 1 aliphatic rings. The number of hydrogen-bond acceptors (Lipinski definition) is 3. The highest BCUT2D eigenvalue weighted by atomic mass is 16.2. The average molecular weight is 295 g/mol. The minimum absolute atomic E-state index is 0.0189. The van der Waals surface area contributed by atoms with E-state index in [-0.39, 0.29) is 5.91 Å². The number of nitrogens with zero attached hydrogens (tertiary/aromatic N) is 1. The van der Waals surface area contributed by atoms with E-state index in [9.17, 15) is 4.79 Å². The van der Waals surface area contributed by atoms with Crippen LogP contribution in [0.25, 0.3) is 0 Å². The molecule has 3 rings (SSSR count). The average Bonchev–Trinajstić information content (AvgIpc) is 2.52. The van der Waals surface area contributed by atoms with Crippen LogP contribution in [-0.4, -0.2) is 25.5 Å². The van der Waals surface area contributed by atoms with Crippen molar-refractivity contribution in [2.45, 2.75) is 13.8 Å². The molecule has 0 saturated carbocycles. The van der Waals surface area contributed by atoms with Crippen LogP contribution in [0.5, 0.6) is 0 Å². The van der Waals surface area contributed by atoms with Gasteiger partial charge in [-0.15, -0.1) is 0 Å². The largest absolute Gasteiger partial charge is 0.382 e. The van der Waals surface area contributed by atoms with Crippen LogP contribution in [0.2, 0.25) is 0 Å². The lowest BCUT2D eigenvalue weighted by molar-refractivity contribution is -0.115. The van der Waals surface area contributed by atoms with E-state index in [0.29, 0.717) is 6.54 Å². The Labute approximate surface area is 131 Å². The first-order chi connectivity index (χ1) is 10.6. The van der Waals surface area contributed by atoms with Crippen LogP contribution in [0.1, 0.15) is 11.1 Å². The molecule has 0 atom stereocenters. The Kier molecular flexibility index (Phi) is 4.00. The van der Waals surface area contributed by atoms with Crippen LogP contribution in [0, 0.1) is 13.8 Å². The zero-order chi connectivity index (χ0) is 15.5. The molecular formula is C18H21N3O. The molecule has 4 heteroatoms. The molecule has 114 valence electrons. The predicted molar refractivity (Wildman–Crippen MR) is 91.7 cm³/mol. The van der Waals surface area contributed by atoms with E-state index in [1.54, 1.807) is 0 Å². The van der Waals surface area contributed by atoms with E-state index in [1.807, 2.05) is 43.3 Å². The second kappa shape index (κ2) is 6.10. The normalized spacial score (nSPS) is 13.3. The first-order valence-corrected chi connectivity index (χ1v) is 7.59. The standard InChI is InChI=1S/C18H21N3O/c1-13-6-5-8-15(14(13)2)20-18(22)12-21-11-10-19-16-7-3-4-9-17(16)21/h3-9,19H,10-12H2,1-2H3,(H,20,22). The van der Waals surface area contributed by atoms with Gasteiger partial charge in [0.05, 0.1) is 17.9 Å². The smallest absolute Gasteiger partial charge is 0.243 e. The Morgan fingerprint density at radius 3 is 2.86 bits per heavy atom. The summed E-state index contributed by atoms with van der Waals surface area (Å²) in [5.74, 6) is 0.0189. The summed E-state index contributed by atoms with van der Waals surface area (Å²) in [5, 5.41) is 6.39. The lowest BCUT2D eigenvalue weighted by Gasteiger charge is -2.31. The van der Waals surface area contributed by atoms with E-state index in [1.165, 1.54) is 5.56 Å². The summed E-state index contributed by atoms with van der Waals surface area (Å²) >= 11 is 0. The van der Waals surface area contributed by atoms with Crippen LogP contribution < -0.4 is 15.5 Å². The first kappa shape index (κ1) is 14.4. The van der Waals surface area contributed by atoms with Crippen LogP contribution >= 0.6 is 0 Å². The number of hydrogen-bond donors (Lipinski definition) is 2. The Balaban J connectivity index is 1.72. The maximum absolute atomic E-state index is 12.4. The molecule has 0 aliphatic carbocycles. The SMILES string of the molecule is Cc1cccc(NC(=O)CN2CCNc3ccccc32)c1C. The number of amides is 1. The van der Waals surface area contributed by atoms with Crippen molar-refractivity contribution in [2.24, 2.45) is 0 Å². The Morgan fingerprint density at radius 2 is 2.00 bits per heavy atom. The minimum Gasteiger partial charge on any atom is -0.382 e. The van der Waals surface area contributed by atoms with Crippen molar-refractivity contribution in [3.05, 3.63) is 53.6 Å². The monoisotopic (exact) mass is 295 g/mol. The fourth-order valence-corrected chi connectivity index (χ4v) is 2.76. The highest BCUT2D eigenvalue weighted by Gasteiger charge is 2.18. The number of benzene rings is 2. The molecule has 0 aromatic heterocycles. The number of aryl methyl sites for hydroxylation is 1. The van der Waals surface area contributed by atoms with Gasteiger partial charge in [-0.3, -0.25) is 4.79 Å². The number of anilines is 3. The van der Waals surface area contributed by atoms with Gasteiger partial charge in [-0.2, -0.15) is 0 Å². The fourth-order valence-electron chi connectivity index (χ4n) is 2.76. The molecule has 2 aromatic rings. The van der Waals surface area contributed by atoms with Gasteiger partial charge in [0.1, 0.15) is 0 Å². The molecule has 0 saturated heterocycles. The van der Waals surface area contributed by atoms with Crippen LogP contribution in [0.15, 0.2) is 42.5 Å². The summed E-state index contributed by atoms with van der Waals surface area (Å²) in [7, 11) is 0. The number of carbonyl (C=O) groups is 1. The van der Waals surface area contributed by atoms with E-state index >= 15 is 0 Å². The number of fused-ring (bicyclic) bond motifs is 1. The highest BCUT2D eigenvalue weighted by molar-refractivity contribution is 5.95. The summed E-state index contributed by atoms with van der Waals surface area (Å²) in [6.45, 7) is 6.14. The molecule has 1 amide bonds. The van der Waals surface area contributed by atoms with Crippen molar-refractivity contribution in [3.8, 4) is 0 Å². The number of nitrogens with one attached hydrogen (secondary N) is 2. The lowest BCUT2D eigenvalue weighted by atomic mass is 10.1. The summed E-state index contributed by atoms with van der Waals surface area (Å²) in [5.41, 5.74) is 5.38. The van der Waals surface area contributed by atoms with Gasteiger partial charge in [-0.1, -0.05) is 24.3 Å². The van der Waals surface area contributed by atoms with Gasteiger partial charge in [0.25, 0.3) is 0 Å². The molecule has 22 heavy (non-hydrogen) atoms. The van der Waals surface area contributed by atoms with Crippen LogP contribution in [0.3, 0.4) is 0 Å². The van der Waals surface area contributed by atoms with Gasteiger partial charge in [0, 0.05) is 18.8 Å². The molecule has 1 aliphatic heterocycles. The van der Waals surface area contributed by atoms with E-state index in [2.05, 4.69) is 28.5 Å². The van der Waals surface area contributed by atoms with Gasteiger partial charge in [-0.05, 0) is 43.2 Å². The van der Waals surface area contributed by atoms with Gasteiger partial charge in [-0.25, -0.2) is 0 Å². The first-order valence-electron chi connectivity index (χ1n) is 7.59. The maximum Gasteiger partial charge on any atom is 0.243 e. The molecular weight excluding hydrogens is 274 g/mol. The third kappa shape index (κ3) is 2.91. The second-order valence-corrected chi connectivity index (χ2v) is 5.66. The molecule has 2 aromatic carbocycles. The predicted octanol–water partition coefficient (Wildman–Crippen LogP) is 3.17. The molecule has 0 fully saturated rings. The summed E-state index contributed by atoms with van der Waals surface area (Å²) in [6, 6.07) is 14.1. The van der Waals surface area contributed by atoms with Crippen LogP contribution in [0.4, 0.5) is 17.1 Å². The Morgan fingerprint density at radius 1 is 1.18 bits per heavy atom. The van der Waals surface area contributed by atoms with Crippen molar-refractivity contribution >= 4 is 23.0 Å². The molecule has 0 bridgehead atoms. The van der Waals surface area contributed by atoms with Gasteiger partial charge < -0.3 is 15.5 Å². The summed E-state index contributed by atoms with van der Waals surface area (Å²) in [6.07, 6.45) is 0. The van der Waals surface area contributed by atoms with Crippen molar-refractivity contribution in [3.63, 3.8) is 0 Å². The van der Waals surface area contributed by atoms with Crippen molar-refractivity contribution in [1.29, 1.82) is 0 Å². The topological polar surface area (TPSA) is 44.4 Å². The van der Waals surface area contributed by atoms with E-state index in [0.717, 1.165) is 35.7 Å². The van der Waals surface area contributed by atoms with Crippen molar-refractivity contribution in [2.75, 3.05) is 35.2 Å². The second-order valence-electron chi connectivity index (χ2n) is 5.66. The van der Waals surface area contributed by atoms with Gasteiger partial charge in [0.2, 0.25) is 5.91 Å². The zero-order valence-corrected chi connectivity index (χ0v) is 13.0. The van der Waals surface area contributed by atoms with Gasteiger partial charge >= 0.3 is 0 Å². The number of rotatable bonds is 3. The Bertz CT molecular complexity index is 696. The number of para-hydroxylation sites is 2. The zero-order valence-electron chi connectivity index (χ0n) is 13.0. The summed E-state index contributed by atoms with van der Waals surface area (Å²) < 4.78 is 0. The third-order valence-electron chi connectivity index (χ3n) is 4.16. The Hall–Kier alpha value is -2.49. The number of carbonyl (C=O) groups excluding carboxylic acids is 1. The van der Waals surface area contributed by atoms with E-state index < -0.39 is 0 Å². The molecule has 0 spiro atoms. The van der Waals surface area contributed by atoms with E-state index in [4.69, 9.17) is 0 Å². The molecule has 0 unspecified atom stereocenters. The maximum atomic E-state index is 12.4. The van der Waals surface area contributed by atoms with Crippen molar-refractivity contribution < 1.29 is 4.79 Å². The fraction of sp³-hybridized carbons (Fsp3) is 0.278. The minimum atomic E-state index is 0.0189. The molecule has 1 heterocycles. The molecule has 2 N–H and O–H groups in total. The van der Waals surface area contributed by atoms with Crippen molar-refractivity contribution in [1.82, 2.24) is 0 Å². The lowest BCUT2D eigenvalue weighted by Crippen LogP contribution is -2.39. The third-order valence-corrected chi connectivity index (χ3v) is 4.16. The quantitative estimate of drug-likeness (QED) is 0.914. The van der Waals surface area contributed by atoms with Crippen LogP contribution in [-0.2, 0) is 4.79 Å². The highest BCUT2D eigenvalue weighted by Crippen LogP contribution is 2.28. The molecule has 4 nitrogen and oxygen atoms in total. The summed E-state index contributed by atoms with van der Waals surface area (Å²) in [4.78, 5) is 14.5.